The number of carboxylic acid groups (broad SMARTS) is 1. The van der Waals surface area contributed by atoms with Crippen LogP contribution < -0.4 is 9.64 Å². The molecule has 1 unspecified atom stereocenters. The normalized spacial score (nSPS) is 16.0. The van der Waals surface area contributed by atoms with Crippen LogP contribution in [0.25, 0.3) is 11.1 Å². The maximum atomic E-state index is 13.9. The predicted molar refractivity (Wildman–Crippen MR) is 111 cm³/mol. The lowest BCUT2D eigenvalue weighted by atomic mass is 10.1. The zero-order valence-corrected chi connectivity index (χ0v) is 15.9. The van der Waals surface area contributed by atoms with Crippen LogP contribution in [0.2, 0.25) is 0 Å². The largest absolute Gasteiger partial charge is 0.481 e. The van der Waals surface area contributed by atoms with Gasteiger partial charge in [-0.1, -0.05) is 30.3 Å². The summed E-state index contributed by atoms with van der Waals surface area (Å²) in [5.74, 6) is 0.352. The number of carbonyl (C=O) groups is 1. The van der Waals surface area contributed by atoms with E-state index in [9.17, 15) is 9.18 Å². The van der Waals surface area contributed by atoms with Gasteiger partial charge in [-0.25, -0.2) is 4.39 Å². The van der Waals surface area contributed by atoms with Crippen molar-refractivity contribution < 1.29 is 19.0 Å². The molecule has 0 bridgehead atoms. The minimum absolute atomic E-state index is 0.0465. The van der Waals surface area contributed by atoms with Crippen molar-refractivity contribution in [1.82, 2.24) is 0 Å². The number of rotatable bonds is 6. The molecule has 0 aliphatic carbocycles. The standard InChI is InChI=1S/C24H22FNO3/c25-23-6-2-1-5-22(23)17-7-11-20(12-8-17)29-21-13-9-18(10-14-21)26-15-3-4-19(26)16-24(27)28/h1-2,5-14,19H,3-4,15-16H2,(H,27,28). The first kappa shape index (κ1) is 19.0. The van der Waals surface area contributed by atoms with Crippen molar-refractivity contribution in [3.63, 3.8) is 0 Å². The second kappa shape index (κ2) is 8.35. The Morgan fingerprint density at radius 2 is 1.66 bits per heavy atom. The molecule has 1 atom stereocenters. The predicted octanol–water partition coefficient (Wildman–Crippen LogP) is 5.73. The van der Waals surface area contributed by atoms with E-state index in [4.69, 9.17) is 9.84 Å². The zero-order chi connectivity index (χ0) is 20.2. The number of nitrogens with zero attached hydrogens (tertiary/aromatic N) is 1. The summed E-state index contributed by atoms with van der Waals surface area (Å²) < 4.78 is 19.8. The molecule has 0 amide bonds. The molecule has 0 saturated carbocycles. The van der Waals surface area contributed by atoms with E-state index in [1.54, 1.807) is 12.1 Å². The molecule has 0 aromatic heterocycles. The summed E-state index contributed by atoms with van der Waals surface area (Å²) >= 11 is 0. The van der Waals surface area contributed by atoms with E-state index in [1.165, 1.54) is 6.07 Å². The van der Waals surface area contributed by atoms with Gasteiger partial charge in [0.1, 0.15) is 17.3 Å². The molecule has 3 aromatic rings. The zero-order valence-electron chi connectivity index (χ0n) is 15.9. The van der Waals surface area contributed by atoms with Gasteiger partial charge in [-0.2, -0.15) is 0 Å². The number of anilines is 1. The lowest BCUT2D eigenvalue weighted by molar-refractivity contribution is -0.137. The fraction of sp³-hybridized carbons (Fsp3) is 0.208. The number of carboxylic acids is 1. The summed E-state index contributed by atoms with van der Waals surface area (Å²) in [6.07, 6.45) is 2.07. The molecule has 29 heavy (non-hydrogen) atoms. The van der Waals surface area contributed by atoms with Crippen LogP contribution in [0.3, 0.4) is 0 Å². The van der Waals surface area contributed by atoms with Crippen LogP contribution in [-0.4, -0.2) is 23.7 Å². The van der Waals surface area contributed by atoms with Gasteiger partial charge in [-0.05, 0) is 60.9 Å². The Morgan fingerprint density at radius 3 is 2.31 bits per heavy atom. The van der Waals surface area contributed by atoms with Crippen LogP contribution >= 0.6 is 0 Å². The van der Waals surface area contributed by atoms with Gasteiger partial charge in [0.25, 0.3) is 0 Å². The molecular formula is C24H22FNO3. The highest BCUT2D eigenvalue weighted by atomic mass is 19.1. The van der Waals surface area contributed by atoms with Crippen molar-refractivity contribution >= 4 is 11.7 Å². The van der Waals surface area contributed by atoms with Crippen molar-refractivity contribution in [3.05, 3.63) is 78.6 Å². The van der Waals surface area contributed by atoms with Crippen molar-refractivity contribution in [3.8, 4) is 22.6 Å². The van der Waals surface area contributed by atoms with Crippen molar-refractivity contribution in [2.75, 3.05) is 11.4 Å². The quantitative estimate of drug-likeness (QED) is 0.583. The van der Waals surface area contributed by atoms with Gasteiger partial charge in [-0.15, -0.1) is 0 Å². The van der Waals surface area contributed by atoms with E-state index in [2.05, 4.69) is 4.90 Å². The second-order valence-electron chi connectivity index (χ2n) is 7.19. The van der Waals surface area contributed by atoms with E-state index in [0.29, 0.717) is 17.1 Å². The number of benzene rings is 3. The Balaban J connectivity index is 1.44. The molecule has 1 aliphatic heterocycles. The maximum Gasteiger partial charge on any atom is 0.305 e. The molecule has 0 spiro atoms. The Morgan fingerprint density at radius 1 is 1.00 bits per heavy atom. The fourth-order valence-electron chi connectivity index (χ4n) is 3.83. The van der Waals surface area contributed by atoms with Gasteiger partial charge in [0.05, 0.1) is 6.42 Å². The number of aliphatic carboxylic acids is 1. The lowest BCUT2D eigenvalue weighted by Crippen LogP contribution is -2.31. The third-order valence-electron chi connectivity index (χ3n) is 5.23. The number of halogens is 1. The minimum Gasteiger partial charge on any atom is -0.481 e. The smallest absolute Gasteiger partial charge is 0.305 e. The average molecular weight is 391 g/mol. The van der Waals surface area contributed by atoms with Crippen molar-refractivity contribution in [1.29, 1.82) is 0 Å². The Bertz CT molecular complexity index is 986. The van der Waals surface area contributed by atoms with E-state index in [-0.39, 0.29) is 18.3 Å². The van der Waals surface area contributed by atoms with Gasteiger partial charge in [0.2, 0.25) is 0 Å². The van der Waals surface area contributed by atoms with Crippen LogP contribution in [0.1, 0.15) is 19.3 Å². The van der Waals surface area contributed by atoms with Gasteiger partial charge in [0, 0.05) is 23.8 Å². The van der Waals surface area contributed by atoms with E-state index < -0.39 is 5.97 Å². The lowest BCUT2D eigenvalue weighted by Gasteiger charge is -2.25. The molecule has 4 nitrogen and oxygen atoms in total. The molecule has 3 aromatic carbocycles. The molecule has 5 heteroatoms. The molecular weight excluding hydrogens is 369 g/mol. The first-order chi connectivity index (χ1) is 14.1. The Kier molecular flexibility index (Phi) is 5.47. The molecule has 0 radical (unpaired) electrons. The van der Waals surface area contributed by atoms with Gasteiger partial charge < -0.3 is 14.7 Å². The molecule has 1 fully saturated rings. The summed E-state index contributed by atoms with van der Waals surface area (Å²) in [6.45, 7) is 0.871. The minimum atomic E-state index is -0.763. The first-order valence-corrected chi connectivity index (χ1v) is 9.71. The van der Waals surface area contributed by atoms with Gasteiger partial charge in [-0.3, -0.25) is 4.79 Å². The maximum absolute atomic E-state index is 13.9. The topological polar surface area (TPSA) is 49.8 Å². The average Bonchev–Trinajstić information content (AvgIpc) is 3.17. The molecule has 1 N–H and O–H groups in total. The molecule has 1 aliphatic rings. The molecule has 148 valence electrons. The highest BCUT2D eigenvalue weighted by molar-refractivity contribution is 5.69. The number of ether oxygens (including phenoxy) is 1. The summed E-state index contributed by atoms with van der Waals surface area (Å²) in [6, 6.07) is 21.7. The van der Waals surface area contributed by atoms with Crippen LogP contribution in [-0.2, 0) is 4.79 Å². The van der Waals surface area contributed by atoms with Crippen LogP contribution in [0.15, 0.2) is 72.8 Å². The van der Waals surface area contributed by atoms with Crippen LogP contribution in [0.4, 0.5) is 10.1 Å². The summed E-state index contributed by atoms with van der Waals surface area (Å²) in [4.78, 5) is 13.2. The van der Waals surface area contributed by atoms with Crippen molar-refractivity contribution in [2.24, 2.45) is 0 Å². The number of hydrogen-bond acceptors (Lipinski definition) is 3. The van der Waals surface area contributed by atoms with E-state index >= 15 is 0 Å². The molecule has 1 saturated heterocycles. The van der Waals surface area contributed by atoms with Gasteiger partial charge >= 0.3 is 5.97 Å². The third kappa shape index (κ3) is 4.40. The second-order valence-corrected chi connectivity index (χ2v) is 7.19. The summed E-state index contributed by atoms with van der Waals surface area (Å²) in [7, 11) is 0. The number of hydrogen-bond donors (Lipinski definition) is 1. The fourth-order valence-corrected chi connectivity index (χ4v) is 3.83. The summed E-state index contributed by atoms with van der Waals surface area (Å²) in [5.41, 5.74) is 2.37. The van der Waals surface area contributed by atoms with Gasteiger partial charge in [0.15, 0.2) is 0 Å². The highest BCUT2D eigenvalue weighted by Crippen LogP contribution is 2.31. The molecule has 4 rings (SSSR count). The van der Waals surface area contributed by atoms with Crippen LogP contribution in [0.5, 0.6) is 11.5 Å². The Labute approximate surface area is 169 Å². The van der Waals surface area contributed by atoms with Crippen molar-refractivity contribution in [2.45, 2.75) is 25.3 Å². The van der Waals surface area contributed by atoms with E-state index in [0.717, 1.165) is 30.6 Å². The first-order valence-electron chi connectivity index (χ1n) is 9.71. The summed E-state index contributed by atoms with van der Waals surface area (Å²) in [5, 5.41) is 9.09. The third-order valence-corrected chi connectivity index (χ3v) is 5.23. The Hall–Kier alpha value is -3.34. The SMILES string of the molecule is O=C(O)CC1CCCN1c1ccc(Oc2ccc(-c3ccccc3F)cc2)cc1. The van der Waals surface area contributed by atoms with Crippen LogP contribution in [0, 0.1) is 5.82 Å². The van der Waals surface area contributed by atoms with E-state index in [1.807, 2.05) is 54.6 Å². The highest BCUT2D eigenvalue weighted by Gasteiger charge is 2.26. The monoisotopic (exact) mass is 391 g/mol. The molecule has 1 heterocycles.